The first kappa shape index (κ1) is 9.40. The molecule has 0 amide bonds. The molecular formula is C10H11NO2. The number of methoxy groups -OCH3 is 1. The number of nitriles is 1. The Morgan fingerprint density at radius 2 is 2.08 bits per heavy atom. The summed E-state index contributed by atoms with van der Waals surface area (Å²) in [4.78, 5) is 0. The van der Waals surface area contributed by atoms with Crippen LogP contribution in [0.3, 0.4) is 0 Å². The van der Waals surface area contributed by atoms with Crippen LogP contribution in [0.5, 0.6) is 11.5 Å². The van der Waals surface area contributed by atoms with Crippen molar-refractivity contribution in [2.24, 2.45) is 0 Å². The molecule has 0 saturated carbocycles. The first-order valence-electron chi connectivity index (χ1n) is 3.89. The largest absolute Gasteiger partial charge is 0.503 e. The molecule has 68 valence electrons. The van der Waals surface area contributed by atoms with E-state index in [-0.39, 0.29) is 11.3 Å². The number of phenols is 1. The maximum absolute atomic E-state index is 9.55. The molecule has 1 aromatic carbocycles. The van der Waals surface area contributed by atoms with Crippen LogP contribution in [0.15, 0.2) is 6.07 Å². The summed E-state index contributed by atoms with van der Waals surface area (Å²) >= 11 is 0. The van der Waals surface area contributed by atoms with Crippen LogP contribution in [-0.2, 0) is 0 Å². The minimum absolute atomic E-state index is 0.0758. The van der Waals surface area contributed by atoms with Gasteiger partial charge in [-0.3, -0.25) is 0 Å². The summed E-state index contributed by atoms with van der Waals surface area (Å²) in [5.41, 5.74) is 2.02. The van der Waals surface area contributed by atoms with E-state index in [0.717, 1.165) is 11.1 Å². The third-order valence-electron chi connectivity index (χ3n) is 2.12. The zero-order chi connectivity index (χ0) is 10.0. The molecule has 0 atom stereocenters. The number of hydrogen-bond acceptors (Lipinski definition) is 3. The van der Waals surface area contributed by atoms with E-state index in [1.165, 1.54) is 7.11 Å². The lowest BCUT2D eigenvalue weighted by atomic mass is 10.0. The Morgan fingerprint density at radius 1 is 1.46 bits per heavy atom. The van der Waals surface area contributed by atoms with Gasteiger partial charge in [0.2, 0.25) is 0 Å². The molecule has 0 radical (unpaired) electrons. The van der Waals surface area contributed by atoms with E-state index < -0.39 is 0 Å². The number of aryl methyl sites for hydroxylation is 1. The molecule has 0 fully saturated rings. The average Bonchev–Trinajstić information content (AvgIpc) is 2.12. The van der Waals surface area contributed by atoms with Gasteiger partial charge < -0.3 is 9.84 Å². The summed E-state index contributed by atoms with van der Waals surface area (Å²) in [6, 6.07) is 3.66. The fourth-order valence-corrected chi connectivity index (χ4v) is 1.16. The lowest BCUT2D eigenvalue weighted by Gasteiger charge is -2.09. The van der Waals surface area contributed by atoms with E-state index in [1.54, 1.807) is 13.0 Å². The number of rotatable bonds is 1. The van der Waals surface area contributed by atoms with Crippen molar-refractivity contribution in [1.82, 2.24) is 0 Å². The third kappa shape index (κ3) is 1.43. The highest BCUT2D eigenvalue weighted by atomic mass is 16.5. The first-order valence-corrected chi connectivity index (χ1v) is 3.89. The van der Waals surface area contributed by atoms with Crippen molar-refractivity contribution < 1.29 is 9.84 Å². The van der Waals surface area contributed by atoms with E-state index in [0.29, 0.717) is 5.75 Å². The highest BCUT2D eigenvalue weighted by Gasteiger charge is 2.12. The summed E-state index contributed by atoms with van der Waals surface area (Å²) in [5, 5.41) is 18.3. The van der Waals surface area contributed by atoms with Gasteiger partial charge in [-0.25, -0.2) is 0 Å². The van der Waals surface area contributed by atoms with Crippen LogP contribution in [0.1, 0.15) is 16.7 Å². The van der Waals surface area contributed by atoms with Crippen LogP contribution >= 0.6 is 0 Å². The van der Waals surface area contributed by atoms with Crippen molar-refractivity contribution in [2.45, 2.75) is 13.8 Å². The second kappa shape index (κ2) is 3.36. The van der Waals surface area contributed by atoms with Crippen molar-refractivity contribution in [3.63, 3.8) is 0 Å². The summed E-state index contributed by atoms with van der Waals surface area (Å²) in [6.45, 7) is 3.67. The second-order valence-electron chi connectivity index (χ2n) is 2.86. The van der Waals surface area contributed by atoms with Gasteiger partial charge in [-0.2, -0.15) is 5.26 Å². The summed E-state index contributed by atoms with van der Waals surface area (Å²) in [6.07, 6.45) is 0. The quantitative estimate of drug-likeness (QED) is 0.712. The van der Waals surface area contributed by atoms with Crippen LogP contribution in [0.2, 0.25) is 0 Å². The van der Waals surface area contributed by atoms with Gasteiger partial charge in [-0.15, -0.1) is 0 Å². The fourth-order valence-electron chi connectivity index (χ4n) is 1.16. The summed E-state index contributed by atoms with van der Waals surface area (Å²) < 4.78 is 4.92. The van der Waals surface area contributed by atoms with E-state index in [1.807, 2.05) is 13.0 Å². The molecule has 0 unspecified atom stereocenters. The molecule has 1 aromatic rings. The van der Waals surface area contributed by atoms with Crippen LogP contribution in [0.25, 0.3) is 0 Å². The lowest BCUT2D eigenvalue weighted by molar-refractivity contribution is 0.372. The van der Waals surface area contributed by atoms with Crippen molar-refractivity contribution >= 4 is 0 Å². The molecule has 0 heterocycles. The van der Waals surface area contributed by atoms with Gasteiger partial charge in [-0.1, -0.05) is 0 Å². The van der Waals surface area contributed by atoms with Gasteiger partial charge in [0.25, 0.3) is 0 Å². The van der Waals surface area contributed by atoms with Gasteiger partial charge in [0.1, 0.15) is 11.6 Å². The number of ether oxygens (including phenoxy) is 1. The van der Waals surface area contributed by atoms with Gasteiger partial charge in [0.15, 0.2) is 11.5 Å². The zero-order valence-corrected chi connectivity index (χ0v) is 7.88. The number of hydrogen-bond donors (Lipinski definition) is 1. The smallest absolute Gasteiger partial charge is 0.176 e. The van der Waals surface area contributed by atoms with Gasteiger partial charge in [0.05, 0.1) is 7.11 Å². The van der Waals surface area contributed by atoms with Crippen LogP contribution in [0, 0.1) is 25.2 Å². The SMILES string of the molecule is COc1cc(C)c(C)c(C#N)c1O. The Bertz CT molecular complexity index is 377. The molecule has 0 aliphatic carbocycles. The van der Waals surface area contributed by atoms with Crippen molar-refractivity contribution in [3.8, 4) is 17.6 Å². The van der Waals surface area contributed by atoms with Crippen molar-refractivity contribution in [3.05, 3.63) is 22.8 Å². The van der Waals surface area contributed by atoms with Gasteiger partial charge >= 0.3 is 0 Å². The predicted octanol–water partition coefficient (Wildman–Crippen LogP) is 1.89. The molecule has 0 aromatic heterocycles. The standard InChI is InChI=1S/C10H11NO2/c1-6-4-9(13-3)10(12)8(5-11)7(6)2/h4,12H,1-3H3. The van der Waals surface area contributed by atoms with Crippen LogP contribution in [0.4, 0.5) is 0 Å². The average molecular weight is 177 g/mol. The molecule has 0 saturated heterocycles. The molecule has 0 spiro atoms. The van der Waals surface area contributed by atoms with Crippen LogP contribution < -0.4 is 4.74 Å². The summed E-state index contributed by atoms with van der Waals surface area (Å²) in [7, 11) is 1.46. The number of benzene rings is 1. The maximum Gasteiger partial charge on any atom is 0.176 e. The van der Waals surface area contributed by atoms with Crippen LogP contribution in [-0.4, -0.2) is 12.2 Å². The Kier molecular flexibility index (Phi) is 2.43. The Hall–Kier alpha value is -1.69. The highest BCUT2D eigenvalue weighted by molar-refractivity contribution is 5.58. The van der Waals surface area contributed by atoms with E-state index in [4.69, 9.17) is 10.00 Å². The molecule has 0 aliphatic rings. The van der Waals surface area contributed by atoms with Crippen molar-refractivity contribution in [1.29, 1.82) is 5.26 Å². The Morgan fingerprint density at radius 3 is 2.54 bits per heavy atom. The predicted molar refractivity (Wildman–Crippen MR) is 48.8 cm³/mol. The molecule has 0 aliphatic heterocycles. The minimum Gasteiger partial charge on any atom is -0.503 e. The molecule has 13 heavy (non-hydrogen) atoms. The topological polar surface area (TPSA) is 53.2 Å². The Balaban J connectivity index is 3.50. The van der Waals surface area contributed by atoms with E-state index in [9.17, 15) is 5.11 Å². The van der Waals surface area contributed by atoms with Crippen molar-refractivity contribution in [2.75, 3.05) is 7.11 Å². The third-order valence-corrected chi connectivity index (χ3v) is 2.12. The zero-order valence-electron chi connectivity index (χ0n) is 7.88. The van der Waals surface area contributed by atoms with E-state index >= 15 is 0 Å². The minimum atomic E-state index is -0.0758. The molecule has 1 rings (SSSR count). The second-order valence-corrected chi connectivity index (χ2v) is 2.86. The molecule has 3 nitrogen and oxygen atoms in total. The van der Waals surface area contributed by atoms with E-state index in [2.05, 4.69) is 0 Å². The maximum atomic E-state index is 9.55. The summed E-state index contributed by atoms with van der Waals surface area (Å²) in [5.74, 6) is 0.271. The normalized spacial score (nSPS) is 9.38. The Labute approximate surface area is 77.2 Å². The number of phenolic OH excluding ortho intramolecular Hbond substituents is 1. The molecule has 0 bridgehead atoms. The molecule has 3 heteroatoms. The highest BCUT2D eigenvalue weighted by Crippen LogP contribution is 2.33. The lowest BCUT2D eigenvalue weighted by Crippen LogP contribution is -1.92. The van der Waals surface area contributed by atoms with Gasteiger partial charge in [-0.05, 0) is 31.0 Å². The number of aromatic hydroxyl groups is 1. The molecule has 1 N–H and O–H groups in total. The fraction of sp³-hybridized carbons (Fsp3) is 0.300. The van der Waals surface area contributed by atoms with Gasteiger partial charge in [0, 0.05) is 0 Å². The molecular weight excluding hydrogens is 166 g/mol. The number of nitrogens with zero attached hydrogens (tertiary/aromatic N) is 1. The first-order chi connectivity index (χ1) is 6.11. The monoisotopic (exact) mass is 177 g/mol.